The van der Waals surface area contributed by atoms with Crippen LogP contribution in [0.1, 0.15) is 24.7 Å². The monoisotopic (exact) mass is 272 g/mol. The largest absolute Gasteiger partial charge is 0.346 e. The SMILES string of the molecule is Cc1nc2cnc3[nH]ccc3c2n1C1CCCSC1. The molecule has 0 radical (unpaired) electrons. The van der Waals surface area contributed by atoms with Crippen molar-refractivity contribution in [3.05, 3.63) is 24.3 Å². The van der Waals surface area contributed by atoms with Crippen LogP contribution in [-0.2, 0) is 0 Å². The van der Waals surface area contributed by atoms with E-state index in [0.717, 1.165) is 17.0 Å². The molecule has 98 valence electrons. The average Bonchev–Trinajstić information content (AvgIpc) is 3.02. The first-order chi connectivity index (χ1) is 9.34. The molecule has 1 aliphatic rings. The van der Waals surface area contributed by atoms with Gasteiger partial charge in [-0.05, 0) is 31.6 Å². The van der Waals surface area contributed by atoms with E-state index >= 15 is 0 Å². The molecule has 0 aliphatic carbocycles. The number of H-pyrrole nitrogens is 1. The van der Waals surface area contributed by atoms with Crippen molar-refractivity contribution in [1.82, 2.24) is 19.5 Å². The Bertz CT molecular complexity index is 736. The van der Waals surface area contributed by atoms with Crippen LogP contribution >= 0.6 is 11.8 Å². The number of pyridine rings is 1. The Morgan fingerprint density at radius 1 is 1.47 bits per heavy atom. The highest BCUT2D eigenvalue weighted by atomic mass is 32.2. The third kappa shape index (κ3) is 1.68. The van der Waals surface area contributed by atoms with Crippen LogP contribution in [0.3, 0.4) is 0 Å². The molecule has 5 heteroatoms. The van der Waals surface area contributed by atoms with Gasteiger partial charge in [-0.25, -0.2) is 9.97 Å². The highest BCUT2D eigenvalue weighted by Crippen LogP contribution is 2.33. The Labute approximate surface area is 115 Å². The number of fused-ring (bicyclic) bond motifs is 3. The lowest BCUT2D eigenvalue weighted by molar-refractivity contribution is 0.502. The molecule has 0 spiro atoms. The number of aryl methyl sites for hydroxylation is 1. The summed E-state index contributed by atoms with van der Waals surface area (Å²) in [6.07, 6.45) is 6.40. The van der Waals surface area contributed by atoms with Crippen LogP contribution in [0.5, 0.6) is 0 Å². The van der Waals surface area contributed by atoms with Gasteiger partial charge in [-0.3, -0.25) is 0 Å². The van der Waals surface area contributed by atoms with Crippen LogP contribution in [0, 0.1) is 6.92 Å². The van der Waals surface area contributed by atoms with Crippen molar-refractivity contribution in [1.29, 1.82) is 0 Å². The van der Waals surface area contributed by atoms with Crippen molar-refractivity contribution >= 4 is 33.8 Å². The summed E-state index contributed by atoms with van der Waals surface area (Å²) < 4.78 is 2.43. The van der Waals surface area contributed by atoms with E-state index in [9.17, 15) is 0 Å². The highest BCUT2D eigenvalue weighted by Gasteiger charge is 2.21. The Morgan fingerprint density at radius 2 is 2.42 bits per heavy atom. The van der Waals surface area contributed by atoms with Crippen molar-refractivity contribution in [2.75, 3.05) is 11.5 Å². The van der Waals surface area contributed by atoms with Crippen LogP contribution in [0.25, 0.3) is 22.1 Å². The van der Waals surface area contributed by atoms with E-state index in [-0.39, 0.29) is 0 Å². The molecule has 0 amide bonds. The minimum absolute atomic E-state index is 0.573. The van der Waals surface area contributed by atoms with Crippen molar-refractivity contribution in [2.24, 2.45) is 0 Å². The minimum atomic E-state index is 0.573. The topological polar surface area (TPSA) is 46.5 Å². The van der Waals surface area contributed by atoms with Crippen LogP contribution in [-0.4, -0.2) is 31.0 Å². The molecule has 1 atom stereocenters. The van der Waals surface area contributed by atoms with Gasteiger partial charge in [-0.15, -0.1) is 0 Å². The second kappa shape index (κ2) is 4.27. The van der Waals surface area contributed by atoms with E-state index in [2.05, 4.69) is 39.3 Å². The van der Waals surface area contributed by atoms with E-state index in [0.29, 0.717) is 6.04 Å². The maximum atomic E-state index is 4.70. The smallest absolute Gasteiger partial charge is 0.139 e. The summed E-state index contributed by atoms with van der Waals surface area (Å²) >= 11 is 2.05. The molecule has 1 fully saturated rings. The van der Waals surface area contributed by atoms with E-state index < -0.39 is 0 Å². The quantitative estimate of drug-likeness (QED) is 0.739. The molecule has 0 aromatic carbocycles. The Morgan fingerprint density at radius 3 is 3.26 bits per heavy atom. The van der Waals surface area contributed by atoms with Gasteiger partial charge in [0.05, 0.1) is 11.7 Å². The third-order valence-corrected chi connectivity index (χ3v) is 5.11. The standard InChI is InChI=1S/C14H16N4S/c1-9-17-12-7-16-14-11(4-5-15-14)13(12)18(9)10-3-2-6-19-8-10/h4-5,7,10H,2-3,6,8H2,1H3,(H,15,16). The van der Waals surface area contributed by atoms with E-state index in [1.54, 1.807) is 0 Å². The van der Waals surface area contributed by atoms with Crippen LogP contribution in [0.2, 0.25) is 0 Å². The number of aromatic amines is 1. The van der Waals surface area contributed by atoms with Crippen molar-refractivity contribution in [2.45, 2.75) is 25.8 Å². The average molecular weight is 272 g/mol. The first kappa shape index (κ1) is 11.3. The Balaban J connectivity index is 2.01. The zero-order valence-electron chi connectivity index (χ0n) is 10.9. The number of aromatic nitrogens is 4. The van der Waals surface area contributed by atoms with Gasteiger partial charge >= 0.3 is 0 Å². The number of hydrogen-bond acceptors (Lipinski definition) is 3. The number of nitrogens with zero attached hydrogens (tertiary/aromatic N) is 3. The van der Waals surface area contributed by atoms with E-state index in [1.807, 2.05) is 12.4 Å². The predicted molar refractivity (Wildman–Crippen MR) is 79.7 cm³/mol. The summed E-state index contributed by atoms with van der Waals surface area (Å²) in [5.74, 6) is 3.60. The maximum absolute atomic E-state index is 4.70. The molecule has 4 rings (SSSR count). The molecule has 1 aliphatic heterocycles. The molecule has 1 N–H and O–H groups in total. The van der Waals surface area contributed by atoms with Crippen molar-refractivity contribution < 1.29 is 0 Å². The van der Waals surface area contributed by atoms with Crippen molar-refractivity contribution in [3.63, 3.8) is 0 Å². The normalized spacial score (nSPS) is 20.4. The molecule has 19 heavy (non-hydrogen) atoms. The lowest BCUT2D eigenvalue weighted by Crippen LogP contribution is -2.17. The predicted octanol–water partition coefficient (Wildman–Crippen LogP) is 3.29. The molecule has 1 saturated heterocycles. The first-order valence-electron chi connectivity index (χ1n) is 6.73. The zero-order chi connectivity index (χ0) is 12.8. The maximum Gasteiger partial charge on any atom is 0.139 e. The molecule has 4 heterocycles. The fourth-order valence-electron chi connectivity index (χ4n) is 3.08. The molecule has 0 bridgehead atoms. The third-order valence-electron chi connectivity index (χ3n) is 3.91. The number of hydrogen-bond donors (Lipinski definition) is 1. The molecule has 3 aromatic rings. The van der Waals surface area contributed by atoms with Gasteiger partial charge in [0.2, 0.25) is 0 Å². The van der Waals surface area contributed by atoms with Gasteiger partial charge in [0, 0.05) is 23.4 Å². The zero-order valence-corrected chi connectivity index (χ0v) is 11.7. The molecular formula is C14H16N4S. The Hall–Kier alpha value is -1.49. The number of rotatable bonds is 1. The summed E-state index contributed by atoms with van der Waals surface area (Å²) in [6.45, 7) is 2.11. The second-order valence-corrected chi connectivity index (χ2v) is 6.28. The highest BCUT2D eigenvalue weighted by molar-refractivity contribution is 7.99. The summed E-state index contributed by atoms with van der Waals surface area (Å²) in [4.78, 5) is 12.3. The molecule has 1 unspecified atom stereocenters. The molecule has 3 aromatic heterocycles. The lowest BCUT2D eigenvalue weighted by Gasteiger charge is -2.24. The molecule has 0 saturated carbocycles. The van der Waals surface area contributed by atoms with Gasteiger partial charge in [0.25, 0.3) is 0 Å². The van der Waals surface area contributed by atoms with Crippen molar-refractivity contribution in [3.8, 4) is 0 Å². The second-order valence-electron chi connectivity index (χ2n) is 5.13. The van der Waals surface area contributed by atoms with E-state index in [1.165, 1.54) is 35.3 Å². The fourth-order valence-corrected chi connectivity index (χ4v) is 4.21. The molecular weight excluding hydrogens is 256 g/mol. The van der Waals surface area contributed by atoms with Gasteiger partial charge < -0.3 is 9.55 Å². The van der Waals surface area contributed by atoms with Crippen LogP contribution < -0.4 is 0 Å². The van der Waals surface area contributed by atoms with Gasteiger partial charge in [0.1, 0.15) is 17.0 Å². The first-order valence-corrected chi connectivity index (χ1v) is 7.88. The number of nitrogens with one attached hydrogen (secondary N) is 1. The van der Waals surface area contributed by atoms with E-state index in [4.69, 9.17) is 4.98 Å². The fraction of sp³-hybridized carbons (Fsp3) is 0.429. The minimum Gasteiger partial charge on any atom is -0.346 e. The summed E-state index contributed by atoms with van der Waals surface area (Å²) in [5, 5.41) is 1.19. The molecule has 4 nitrogen and oxygen atoms in total. The van der Waals surface area contributed by atoms with Gasteiger partial charge in [-0.2, -0.15) is 11.8 Å². The summed E-state index contributed by atoms with van der Waals surface area (Å²) in [5.41, 5.74) is 3.22. The van der Waals surface area contributed by atoms with Gasteiger partial charge in [-0.1, -0.05) is 0 Å². The van der Waals surface area contributed by atoms with Gasteiger partial charge in [0.15, 0.2) is 0 Å². The van der Waals surface area contributed by atoms with Crippen LogP contribution in [0.4, 0.5) is 0 Å². The summed E-state index contributed by atoms with van der Waals surface area (Å²) in [6, 6.07) is 2.68. The number of thioether (sulfide) groups is 1. The summed E-state index contributed by atoms with van der Waals surface area (Å²) in [7, 11) is 0. The Kier molecular flexibility index (Phi) is 2.55. The van der Waals surface area contributed by atoms with Crippen LogP contribution in [0.15, 0.2) is 18.5 Å². The number of imidazole rings is 1. The lowest BCUT2D eigenvalue weighted by atomic mass is 10.1.